The van der Waals surface area contributed by atoms with Crippen LogP contribution in [0.25, 0.3) is 22.2 Å². The van der Waals surface area contributed by atoms with Gasteiger partial charge in [-0.3, -0.25) is 4.79 Å². The SMILES string of the molecule is CCCNC(=O)c1cc(-c2ccc(OC)cc2OC)nc2ccccc12. The molecule has 0 aliphatic carbocycles. The van der Waals surface area contributed by atoms with Crippen LogP contribution in [0.5, 0.6) is 11.5 Å². The molecule has 3 rings (SSSR count). The van der Waals surface area contributed by atoms with Crippen LogP contribution in [0.15, 0.2) is 48.5 Å². The van der Waals surface area contributed by atoms with Crippen LogP contribution in [-0.4, -0.2) is 31.7 Å². The van der Waals surface area contributed by atoms with Crippen LogP contribution in [0, 0.1) is 0 Å². The number of para-hydroxylation sites is 1. The van der Waals surface area contributed by atoms with Gasteiger partial charge in [0.1, 0.15) is 11.5 Å². The molecule has 0 spiro atoms. The maximum Gasteiger partial charge on any atom is 0.252 e. The van der Waals surface area contributed by atoms with E-state index in [1.54, 1.807) is 14.2 Å². The van der Waals surface area contributed by atoms with E-state index >= 15 is 0 Å². The van der Waals surface area contributed by atoms with E-state index in [-0.39, 0.29) is 5.91 Å². The third kappa shape index (κ3) is 3.47. The second-order valence-corrected chi connectivity index (χ2v) is 5.89. The lowest BCUT2D eigenvalue weighted by atomic mass is 10.0. The lowest BCUT2D eigenvalue weighted by Gasteiger charge is -2.13. The van der Waals surface area contributed by atoms with Gasteiger partial charge in [0.25, 0.3) is 5.91 Å². The Kier molecular flexibility index (Phi) is 5.37. The Bertz CT molecular complexity index is 938. The van der Waals surface area contributed by atoms with Crippen molar-refractivity contribution in [1.82, 2.24) is 10.3 Å². The van der Waals surface area contributed by atoms with Gasteiger partial charge in [-0.15, -0.1) is 0 Å². The average Bonchev–Trinajstić information content (AvgIpc) is 2.70. The van der Waals surface area contributed by atoms with Gasteiger partial charge in [0, 0.05) is 23.6 Å². The summed E-state index contributed by atoms with van der Waals surface area (Å²) in [6.07, 6.45) is 0.883. The van der Waals surface area contributed by atoms with E-state index in [9.17, 15) is 4.79 Å². The standard InChI is InChI=1S/C21H22N2O3/c1-4-11-22-21(24)17-13-19(23-18-8-6-5-7-15(17)18)16-10-9-14(25-2)12-20(16)26-3/h5-10,12-13H,4,11H2,1-3H3,(H,22,24). The van der Waals surface area contributed by atoms with Gasteiger partial charge in [-0.05, 0) is 30.7 Å². The maximum atomic E-state index is 12.7. The highest BCUT2D eigenvalue weighted by Crippen LogP contribution is 2.34. The van der Waals surface area contributed by atoms with Crippen molar-refractivity contribution in [2.75, 3.05) is 20.8 Å². The monoisotopic (exact) mass is 350 g/mol. The lowest BCUT2D eigenvalue weighted by molar-refractivity contribution is 0.0955. The Labute approximate surface area is 153 Å². The molecule has 134 valence electrons. The smallest absolute Gasteiger partial charge is 0.252 e. The first kappa shape index (κ1) is 17.7. The molecule has 0 radical (unpaired) electrons. The van der Waals surface area contributed by atoms with E-state index in [1.807, 2.05) is 55.5 Å². The van der Waals surface area contributed by atoms with Crippen LogP contribution in [0.1, 0.15) is 23.7 Å². The number of benzene rings is 2. The minimum atomic E-state index is -0.0980. The summed E-state index contributed by atoms with van der Waals surface area (Å²) < 4.78 is 10.8. The number of rotatable bonds is 6. The summed E-state index contributed by atoms with van der Waals surface area (Å²) in [5.74, 6) is 1.25. The number of nitrogens with zero attached hydrogens (tertiary/aromatic N) is 1. The lowest BCUT2D eigenvalue weighted by Crippen LogP contribution is -2.24. The highest BCUT2D eigenvalue weighted by Gasteiger charge is 2.16. The van der Waals surface area contributed by atoms with Crippen LogP contribution in [0.3, 0.4) is 0 Å². The third-order valence-electron chi connectivity index (χ3n) is 4.18. The van der Waals surface area contributed by atoms with E-state index in [2.05, 4.69) is 5.32 Å². The van der Waals surface area contributed by atoms with Crippen molar-refractivity contribution in [2.24, 2.45) is 0 Å². The second-order valence-electron chi connectivity index (χ2n) is 5.89. The fraction of sp³-hybridized carbons (Fsp3) is 0.238. The molecule has 0 saturated heterocycles. The molecule has 0 bridgehead atoms. The van der Waals surface area contributed by atoms with Crippen LogP contribution < -0.4 is 14.8 Å². The number of nitrogens with one attached hydrogen (secondary N) is 1. The van der Waals surface area contributed by atoms with Crippen molar-refractivity contribution in [3.63, 3.8) is 0 Å². The average molecular weight is 350 g/mol. The number of ether oxygens (including phenoxy) is 2. The van der Waals surface area contributed by atoms with Crippen LogP contribution >= 0.6 is 0 Å². The van der Waals surface area contributed by atoms with Crippen molar-refractivity contribution >= 4 is 16.8 Å². The summed E-state index contributed by atoms with van der Waals surface area (Å²) in [5, 5.41) is 3.78. The van der Waals surface area contributed by atoms with Crippen molar-refractivity contribution in [1.29, 1.82) is 0 Å². The fourth-order valence-electron chi connectivity index (χ4n) is 2.85. The molecular weight excluding hydrogens is 328 g/mol. The molecule has 5 nitrogen and oxygen atoms in total. The summed E-state index contributed by atoms with van der Waals surface area (Å²) in [6.45, 7) is 2.66. The maximum absolute atomic E-state index is 12.7. The number of hydrogen-bond acceptors (Lipinski definition) is 4. The minimum absolute atomic E-state index is 0.0980. The first-order chi connectivity index (χ1) is 12.7. The van der Waals surface area contributed by atoms with Crippen LogP contribution in [0.4, 0.5) is 0 Å². The first-order valence-corrected chi connectivity index (χ1v) is 8.58. The van der Waals surface area contributed by atoms with Gasteiger partial charge in [0.2, 0.25) is 0 Å². The number of amides is 1. The molecule has 1 aromatic heterocycles. The molecule has 0 fully saturated rings. The Balaban J connectivity index is 2.17. The summed E-state index contributed by atoms with van der Waals surface area (Å²) in [7, 11) is 3.22. The minimum Gasteiger partial charge on any atom is -0.497 e. The van der Waals surface area contributed by atoms with Crippen molar-refractivity contribution in [3.05, 3.63) is 54.1 Å². The van der Waals surface area contributed by atoms with Crippen LogP contribution in [-0.2, 0) is 0 Å². The molecule has 1 amide bonds. The Hall–Kier alpha value is -3.08. The van der Waals surface area contributed by atoms with Gasteiger partial charge in [-0.1, -0.05) is 25.1 Å². The number of fused-ring (bicyclic) bond motifs is 1. The molecule has 1 N–H and O–H groups in total. The zero-order valence-corrected chi connectivity index (χ0v) is 15.2. The first-order valence-electron chi connectivity index (χ1n) is 8.58. The number of methoxy groups -OCH3 is 2. The molecule has 26 heavy (non-hydrogen) atoms. The molecule has 1 heterocycles. The summed E-state index contributed by atoms with van der Waals surface area (Å²) >= 11 is 0. The fourth-order valence-corrected chi connectivity index (χ4v) is 2.85. The molecule has 5 heteroatoms. The predicted molar refractivity (Wildman–Crippen MR) is 103 cm³/mol. The van der Waals surface area contributed by atoms with Gasteiger partial charge in [-0.25, -0.2) is 4.98 Å². The van der Waals surface area contributed by atoms with Gasteiger partial charge in [0.05, 0.1) is 31.0 Å². The third-order valence-corrected chi connectivity index (χ3v) is 4.18. The molecule has 0 unspecified atom stereocenters. The summed E-state index contributed by atoms with van der Waals surface area (Å²) in [6, 6.07) is 15.0. The van der Waals surface area contributed by atoms with Crippen molar-refractivity contribution in [3.8, 4) is 22.8 Å². The zero-order chi connectivity index (χ0) is 18.5. The van der Waals surface area contributed by atoms with E-state index in [0.29, 0.717) is 29.3 Å². The van der Waals surface area contributed by atoms with Gasteiger partial charge < -0.3 is 14.8 Å². The number of pyridine rings is 1. The van der Waals surface area contributed by atoms with Gasteiger partial charge in [0.15, 0.2) is 0 Å². The normalized spacial score (nSPS) is 10.6. The molecule has 0 aliphatic heterocycles. The Morgan fingerprint density at radius 1 is 1.08 bits per heavy atom. The van der Waals surface area contributed by atoms with Gasteiger partial charge in [-0.2, -0.15) is 0 Å². The van der Waals surface area contributed by atoms with Gasteiger partial charge >= 0.3 is 0 Å². The molecule has 0 saturated carbocycles. The van der Waals surface area contributed by atoms with Crippen molar-refractivity contribution < 1.29 is 14.3 Å². The number of aromatic nitrogens is 1. The van der Waals surface area contributed by atoms with Crippen LogP contribution in [0.2, 0.25) is 0 Å². The quantitative estimate of drug-likeness (QED) is 0.728. The van der Waals surface area contributed by atoms with E-state index in [4.69, 9.17) is 14.5 Å². The van der Waals surface area contributed by atoms with Crippen molar-refractivity contribution in [2.45, 2.75) is 13.3 Å². The van der Waals surface area contributed by atoms with E-state index in [1.165, 1.54) is 0 Å². The number of carbonyl (C=O) groups is 1. The highest BCUT2D eigenvalue weighted by atomic mass is 16.5. The number of hydrogen-bond donors (Lipinski definition) is 1. The second kappa shape index (κ2) is 7.87. The molecule has 0 atom stereocenters. The summed E-state index contributed by atoms with van der Waals surface area (Å²) in [5.41, 5.74) is 2.87. The summed E-state index contributed by atoms with van der Waals surface area (Å²) in [4.78, 5) is 17.4. The van der Waals surface area contributed by atoms with E-state index < -0.39 is 0 Å². The topological polar surface area (TPSA) is 60.5 Å². The van der Waals surface area contributed by atoms with E-state index in [0.717, 1.165) is 22.9 Å². The Morgan fingerprint density at radius 2 is 1.88 bits per heavy atom. The zero-order valence-electron chi connectivity index (χ0n) is 15.2. The highest BCUT2D eigenvalue weighted by molar-refractivity contribution is 6.07. The predicted octanol–water partition coefficient (Wildman–Crippen LogP) is 4.06. The Morgan fingerprint density at radius 3 is 2.62 bits per heavy atom. The molecule has 0 aliphatic rings. The molecule has 3 aromatic rings. The number of carbonyl (C=O) groups excluding carboxylic acids is 1. The molecule has 2 aromatic carbocycles. The largest absolute Gasteiger partial charge is 0.497 e. The molecular formula is C21H22N2O3.